The van der Waals surface area contributed by atoms with Crippen LogP contribution >= 0.6 is 11.8 Å². The predicted octanol–water partition coefficient (Wildman–Crippen LogP) is 2.97. The van der Waals surface area contributed by atoms with Crippen LogP contribution in [0.5, 0.6) is 0 Å². The third-order valence-corrected chi connectivity index (χ3v) is 7.19. The summed E-state index contributed by atoms with van der Waals surface area (Å²) in [6.45, 7) is 3.05. The summed E-state index contributed by atoms with van der Waals surface area (Å²) in [4.78, 5) is 31.0. The van der Waals surface area contributed by atoms with Crippen molar-refractivity contribution >= 4 is 35.0 Å². The van der Waals surface area contributed by atoms with Crippen LogP contribution in [0.2, 0.25) is 0 Å². The fourth-order valence-corrected chi connectivity index (χ4v) is 5.22. The Bertz CT molecular complexity index is 1180. The van der Waals surface area contributed by atoms with Crippen molar-refractivity contribution in [3.8, 4) is 0 Å². The van der Waals surface area contributed by atoms with E-state index in [-0.39, 0.29) is 11.6 Å². The zero-order valence-corrected chi connectivity index (χ0v) is 19.7. The summed E-state index contributed by atoms with van der Waals surface area (Å²) < 4.78 is 10.8. The Balaban J connectivity index is 1.27. The Kier molecular flexibility index (Phi) is 6.55. The average Bonchev–Trinajstić information content (AvgIpc) is 3.31. The molecule has 0 bridgehead atoms. The van der Waals surface area contributed by atoms with Crippen LogP contribution < -0.4 is 15.1 Å². The van der Waals surface area contributed by atoms with Gasteiger partial charge in [-0.15, -0.1) is 11.8 Å². The zero-order valence-electron chi connectivity index (χ0n) is 18.9. The summed E-state index contributed by atoms with van der Waals surface area (Å²) in [5.41, 5.74) is 3.15. The lowest BCUT2D eigenvalue weighted by Gasteiger charge is -2.30. The van der Waals surface area contributed by atoms with Gasteiger partial charge in [-0.3, -0.25) is 9.59 Å². The monoisotopic (exact) mass is 478 g/mol. The second-order valence-corrected chi connectivity index (χ2v) is 9.39. The maximum Gasteiger partial charge on any atom is 0.274 e. The highest BCUT2D eigenvalue weighted by atomic mass is 32.2. The van der Waals surface area contributed by atoms with Gasteiger partial charge in [-0.05, 0) is 23.8 Å². The van der Waals surface area contributed by atoms with Crippen LogP contribution in [0.4, 0.5) is 11.4 Å². The standard InChI is InChI=1S/C25H26N4O4S/c1-28-22-14-18(29-9-11-32-12-10-29)7-8-23(22)34-16-21(25(28)31)26-24(30)20-15-19(33-27-20)13-17-5-3-2-4-6-17/h2-8,14-15,21H,9-13,16H2,1H3,(H,26,30)/t21-/m0/s1. The van der Waals surface area contributed by atoms with Gasteiger partial charge in [-0.2, -0.15) is 0 Å². The zero-order chi connectivity index (χ0) is 23.5. The molecule has 0 spiro atoms. The quantitative estimate of drug-likeness (QED) is 0.603. The number of rotatable bonds is 5. The van der Waals surface area contributed by atoms with Gasteiger partial charge in [0.1, 0.15) is 11.8 Å². The van der Waals surface area contributed by atoms with Crippen molar-refractivity contribution in [1.29, 1.82) is 0 Å². The van der Waals surface area contributed by atoms with Crippen LogP contribution in [0.25, 0.3) is 0 Å². The van der Waals surface area contributed by atoms with Crippen LogP contribution in [0.15, 0.2) is 64.0 Å². The van der Waals surface area contributed by atoms with Crippen molar-refractivity contribution < 1.29 is 18.8 Å². The van der Waals surface area contributed by atoms with Gasteiger partial charge >= 0.3 is 0 Å². The van der Waals surface area contributed by atoms with Crippen molar-refractivity contribution in [3.05, 3.63) is 71.6 Å². The summed E-state index contributed by atoms with van der Waals surface area (Å²) in [6, 6.07) is 17.0. The third-order valence-electron chi connectivity index (χ3n) is 6.03. The molecule has 5 rings (SSSR count). The van der Waals surface area contributed by atoms with E-state index < -0.39 is 11.9 Å². The molecule has 34 heavy (non-hydrogen) atoms. The first-order valence-corrected chi connectivity index (χ1v) is 12.2. The van der Waals surface area contributed by atoms with Crippen molar-refractivity contribution in [2.24, 2.45) is 0 Å². The van der Waals surface area contributed by atoms with E-state index in [4.69, 9.17) is 9.26 Å². The molecule has 176 valence electrons. The highest BCUT2D eigenvalue weighted by Crippen LogP contribution is 2.36. The molecule has 2 aliphatic heterocycles. The van der Waals surface area contributed by atoms with Gasteiger partial charge in [0.2, 0.25) is 5.91 Å². The van der Waals surface area contributed by atoms with E-state index in [0.29, 0.717) is 31.1 Å². The number of hydrogen-bond acceptors (Lipinski definition) is 7. The van der Waals surface area contributed by atoms with Gasteiger partial charge in [-0.1, -0.05) is 35.5 Å². The number of hydrogen-bond donors (Lipinski definition) is 1. The summed E-state index contributed by atoms with van der Waals surface area (Å²) in [6.07, 6.45) is 0.544. The average molecular weight is 479 g/mol. The molecule has 1 saturated heterocycles. The van der Waals surface area contributed by atoms with E-state index in [2.05, 4.69) is 21.4 Å². The summed E-state index contributed by atoms with van der Waals surface area (Å²) in [5.74, 6) is 0.452. The Labute approximate surface area is 202 Å². The molecule has 1 aromatic heterocycles. The number of fused-ring (bicyclic) bond motifs is 1. The number of likely N-dealkylation sites (N-methyl/N-ethyl adjacent to an activating group) is 1. The molecule has 1 atom stereocenters. The topological polar surface area (TPSA) is 87.9 Å². The second-order valence-electron chi connectivity index (χ2n) is 8.33. The van der Waals surface area contributed by atoms with Crippen molar-refractivity contribution in [2.75, 3.05) is 48.9 Å². The molecule has 3 heterocycles. The van der Waals surface area contributed by atoms with Crippen molar-refractivity contribution in [2.45, 2.75) is 17.4 Å². The Hall–Kier alpha value is -3.30. The largest absolute Gasteiger partial charge is 0.378 e. The molecule has 0 saturated carbocycles. The molecule has 1 N–H and O–H groups in total. The summed E-state index contributed by atoms with van der Waals surface area (Å²) in [5, 5.41) is 6.76. The number of benzene rings is 2. The highest BCUT2D eigenvalue weighted by Gasteiger charge is 2.31. The van der Waals surface area contributed by atoms with E-state index >= 15 is 0 Å². The number of nitrogens with one attached hydrogen (secondary N) is 1. The molecular formula is C25H26N4O4S. The van der Waals surface area contributed by atoms with Crippen LogP contribution in [-0.4, -0.2) is 62.1 Å². The SMILES string of the molecule is CN1C(=O)[C@@H](NC(=O)c2cc(Cc3ccccc3)on2)CSc2ccc(N3CCOCC3)cc21. The van der Waals surface area contributed by atoms with E-state index in [0.717, 1.165) is 34.9 Å². The number of thioether (sulfide) groups is 1. The van der Waals surface area contributed by atoms with Gasteiger partial charge in [0.15, 0.2) is 5.69 Å². The first-order chi connectivity index (χ1) is 16.6. The van der Waals surface area contributed by atoms with Gasteiger partial charge in [0.05, 0.1) is 18.9 Å². The van der Waals surface area contributed by atoms with E-state index in [1.54, 1.807) is 29.8 Å². The van der Waals surface area contributed by atoms with E-state index in [1.165, 1.54) is 0 Å². The molecule has 2 aromatic carbocycles. The minimum atomic E-state index is -0.670. The maximum atomic E-state index is 13.2. The number of carbonyl (C=O) groups is 2. The number of carbonyl (C=O) groups excluding carboxylic acids is 2. The highest BCUT2D eigenvalue weighted by molar-refractivity contribution is 7.99. The fourth-order valence-electron chi connectivity index (χ4n) is 4.14. The van der Waals surface area contributed by atoms with Crippen molar-refractivity contribution in [1.82, 2.24) is 10.5 Å². The summed E-state index contributed by atoms with van der Waals surface area (Å²) >= 11 is 1.56. The van der Waals surface area contributed by atoms with Crippen LogP contribution in [-0.2, 0) is 16.0 Å². The third kappa shape index (κ3) is 4.80. The van der Waals surface area contributed by atoms with Crippen LogP contribution in [0.3, 0.4) is 0 Å². The maximum absolute atomic E-state index is 13.2. The lowest BCUT2D eigenvalue weighted by atomic mass is 10.1. The van der Waals surface area contributed by atoms with Gasteiger partial charge < -0.3 is 24.4 Å². The van der Waals surface area contributed by atoms with Gasteiger partial charge in [0.25, 0.3) is 5.91 Å². The number of morpholine rings is 1. The number of aromatic nitrogens is 1. The van der Waals surface area contributed by atoms with Crippen LogP contribution in [0.1, 0.15) is 21.8 Å². The molecule has 3 aromatic rings. The molecule has 0 unspecified atom stereocenters. The molecule has 8 nitrogen and oxygen atoms in total. The normalized spacial score (nSPS) is 18.4. The molecule has 1 fully saturated rings. The molecule has 2 amide bonds. The number of nitrogens with zero attached hydrogens (tertiary/aromatic N) is 3. The number of ether oxygens (including phenoxy) is 1. The first kappa shape index (κ1) is 22.5. The molecule has 0 radical (unpaired) electrons. The van der Waals surface area contributed by atoms with E-state index in [1.807, 2.05) is 42.5 Å². The van der Waals surface area contributed by atoms with Gasteiger partial charge in [-0.25, -0.2) is 0 Å². The Morgan fingerprint density at radius 1 is 1.15 bits per heavy atom. The number of amides is 2. The molecule has 2 aliphatic rings. The molecular weight excluding hydrogens is 452 g/mol. The molecule has 0 aliphatic carbocycles. The van der Waals surface area contributed by atoms with Gasteiger partial charge in [0, 0.05) is 49.0 Å². The first-order valence-electron chi connectivity index (χ1n) is 11.3. The van der Waals surface area contributed by atoms with Crippen LogP contribution in [0, 0.1) is 0 Å². The Morgan fingerprint density at radius 3 is 2.74 bits per heavy atom. The van der Waals surface area contributed by atoms with Crippen molar-refractivity contribution in [3.63, 3.8) is 0 Å². The number of anilines is 2. The minimum absolute atomic E-state index is 0.160. The lowest BCUT2D eigenvalue weighted by Crippen LogP contribution is -2.48. The smallest absolute Gasteiger partial charge is 0.274 e. The molecule has 9 heteroatoms. The Morgan fingerprint density at radius 2 is 1.94 bits per heavy atom. The lowest BCUT2D eigenvalue weighted by molar-refractivity contribution is -0.119. The minimum Gasteiger partial charge on any atom is -0.378 e. The second kappa shape index (κ2) is 9.90. The summed E-state index contributed by atoms with van der Waals surface area (Å²) in [7, 11) is 1.75. The van der Waals surface area contributed by atoms with E-state index in [9.17, 15) is 9.59 Å². The fraction of sp³-hybridized carbons (Fsp3) is 0.320. The predicted molar refractivity (Wildman–Crippen MR) is 131 cm³/mol.